The van der Waals surface area contributed by atoms with E-state index < -0.39 is 5.60 Å². The van der Waals surface area contributed by atoms with Crippen LogP contribution in [-0.2, 0) is 5.60 Å². The largest absolute Gasteiger partial charge is 0.472 e. The Morgan fingerprint density at radius 3 is 2.26 bits per heavy atom. The van der Waals surface area contributed by atoms with Gasteiger partial charge in [0.05, 0.1) is 4.88 Å². The maximum Gasteiger partial charge on any atom is 0.187 e. The molecule has 162 valence electrons. The van der Waals surface area contributed by atoms with E-state index in [0.29, 0.717) is 0 Å². The van der Waals surface area contributed by atoms with Gasteiger partial charge >= 0.3 is 0 Å². The molecule has 0 fully saturated rings. The topological polar surface area (TPSA) is 9.23 Å². The van der Waals surface area contributed by atoms with Crippen LogP contribution in [0.15, 0.2) is 115 Å². The van der Waals surface area contributed by atoms with E-state index in [1.54, 1.807) is 11.3 Å². The molecule has 1 aliphatic heterocycles. The van der Waals surface area contributed by atoms with Crippen LogP contribution in [0.3, 0.4) is 0 Å². The average Bonchev–Trinajstić information content (AvgIpc) is 3.61. The molecule has 0 spiro atoms. The van der Waals surface area contributed by atoms with Crippen molar-refractivity contribution in [3.63, 3.8) is 0 Å². The summed E-state index contributed by atoms with van der Waals surface area (Å²) in [4.78, 5) is 3.74. The Kier molecular flexibility index (Phi) is 4.48. The molecule has 6 aromatic rings. The molecular formula is C31H20OS2. The fourth-order valence-electron chi connectivity index (χ4n) is 4.99. The molecule has 4 aromatic carbocycles. The third-order valence-corrected chi connectivity index (χ3v) is 8.88. The van der Waals surface area contributed by atoms with Crippen molar-refractivity contribution in [3.8, 4) is 15.5 Å². The Hall–Kier alpha value is -3.66. The molecule has 0 N–H and O–H groups in total. The molecule has 0 saturated carbocycles. The molecule has 0 saturated heterocycles. The first-order valence-electron chi connectivity index (χ1n) is 11.3. The molecule has 1 atom stereocenters. The summed E-state index contributed by atoms with van der Waals surface area (Å²) in [6.07, 6.45) is 4.51. The molecule has 3 heterocycles. The van der Waals surface area contributed by atoms with Crippen LogP contribution in [0.2, 0.25) is 0 Å². The second kappa shape index (κ2) is 7.69. The molecule has 0 amide bonds. The van der Waals surface area contributed by atoms with E-state index in [-0.39, 0.29) is 0 Å². The SMILES string of the molecule is C1=CC(c2ccc(-c3cccs3)s2)(c2cccc3ccccc23)Oc2ccc3ccccc3c21. The van der Waals surface area contributed by atoms with Crippen molar-refractivity contribution in [3.05, 3.63) is 131 Å². The number of benzene rings is 4. The van der Waals surface area contributed by atoms with Gasteiger partial charge in [-0.2, -0.15) is 0 Å². The van der Waals surface area contributed by atoms with Gasteiger partial charge < -0.3 is 4.74 Å². The van der Waals surface area contributed by atoms with Crippen molar-refractivity contribution in [1.29, 1.82) is 0 Å². The summed E-state index contributed by atoms with van der Waals surface area (Å²) < 4.78 is 7.07. The summed E-state index contributed by atoms with van der Waals surface area (Å²) >= 11 is 3.59. The van der Waals surface area contributed by atoms with Crippen molar-refractivity contribution in [2.75, 3.05) is 0 Å². The predicted molar refractivity (Wildman–Crippen MR) is 146 cm³/mol. The van der Waals surface area contributed by atoms with Gasteiger partial charge in [-0.15, -0.1) is 22.7 Å². The highest BCUT2D eigenvalue weighted by Crippen LogP contribution is 2.48. The molecule has 34 heavy (non-hydrogen) atoms. The summed E-state index contributed by atoms with van der Waals surface area (Å²) in [6.45, 7) is 0. The Labute approximate surface area is 206 Å². The zero-order chi connectivity index (χ0) is 22.5. The van der Waals surface area contributed by atoms with Gasteiger partial charge in [0.15, 0.2) is 5.60 Å². The highest BCUT2D eigenvalue weighted by molar-refractivity contribution is 7.21. The summed E-state index contributed by atoms with van der Waals surface area (Å²) in [5.41, 5.74) is 1.61. The van der Waals surface area contributed by atoms with Crippen molar-refractivity contribution in [2.24, 2.45) is 0 Å². The molecule has 1 unspecified atom stereocenters. The molecule has 0 bridgehead atoms. The lowest BCUT2D eigenvalue weighted by molar-refractivity contribution is 0.167. The summed E-state index contributed by atoms with van der Waals surface area (Å²) in [5.74, 6) is 0.917. The van der Waals surface area contributed by atoms with Crippen molar-refractivity contribution in [1.82, 2.24) is 0 Å². The average molecular weight is 473 g/mol. The van der Waals surface area contributed by atoms with Crippen LogP contribution in [-0.4, -0.2) is 0 Å². The number of ether oxygens (including phenoxy) is 1. The molecule has 0 radical (unpaired) electrons. The number of fused-ring (bicyclic) bond motifs is 4. The molecule has 7 rings (SSSR count). The van der Waals surface area contributed by atoms with Gasteiger partial charge in [0.1, 0.15) is 5.75 Å². The van der Waals surface area contributed by atoms with E-state index >= 15 is 0 Å². The Bertz CT molecular complexity index is 1680. The minimum absolute atomic E-state index is 0.698. The zero-order valence-corrected chi connectivity index (χ0v) is 19.9. The minimum atomic E-state index is -0.698. The van der Waals surface area contributed by atoms with Crippen LogP contribution in [0.5, 0.6) is 5.75 Å². The van der Waals surface area contributed by atoms with E-state index in [4.69, 9.17) is 4.74 Å². The summed E-state index contributed by atoms with van der Waals surface area (Å²) in [6, 6.07) is 36.6. The molecule has 1 nitrogen and oxygen atoms in total. The van der Waals surface area contributed by atoms with Gasteiger partial charge in [-0.05, 0) is 63.3 Å². The normalized spacial score (nSPS) is 17.1. The number of hydrogen-bond acceptors (Lipinski definition) is 3. The molecule has 3 heteroatoms. The van der Waals surface area contributed by atoms with Gasteiger partial charge in [0, 0.05) is 20.9 Å². The van der Waals surface area contributed by atoms with E-state index in [1.807, 2.05) is 11.3 Å². The third kappa shape index (κ3) is 2.98. The minimum Gasteiger partial charge on any atom is -0.472 e. The molecule has 2 aromatic heterocycles. The van der Waals surface area contributed by atoms with Gasteiger partial charge in [0.25, 0.3) is 0 Å². The van der Waals surface area contributed by atoms with Crippen molar-refractivity contribution < 1.29 is 4.74 Å². The Morgan fingerprint density at radius 1 is 0.618 bits per heavy atom. The van der Waals surface area contributed by atoms with Gasteiger partial charge in [-0.3, -0.25) is 0 Å². The maximum atomic E-state index is 7.07. The lowest BCUT2D eigenvalue weighted by atomic mass is 9.85. The van der Waals surface area contributed by atoms with E-state index in [1.165, 1.54) is 41.7 Å². The van der Waals surface area contributed by atoms with Gasteiger partial charge in [-0.1, -0.05) is 78.9 Å². The lowest BCUT2D eigenvalue weighted by Crippen LogP contribution is -2.33. The van der Waals surface area contributed by atoms with Crippen molar-refractivity contribution in [2.45, 2.75) is 5.60 Å². The standard InChI is InChI=1S/C31H20OS2/c1-3-10-23-22(8-1)14-15-27-25(23)18-19-31(32-27,26-12-5-9-21-7-2-4-11-24(21)26)30-17-16-29(34-30)28-13-6-20-33-28/h1-20H. The number of thiophene rings is 2. The second-order valence-corrected chi connectivity index (χ2v) is 10.6. The molecular weight excluding hydrogens is 452 g/mol. The van der Waals surface area contributed by atoms with Crippen LogP contribution in [0.4, 0.5) is 0 Å². The fourth-order valence-corrected chi connectivity index (χ4v) is 6.96. The monoisotopic (exact) mass is 472 g/mol. The quantitative estimate of drug-likeness (QED) is 0.249. The van der Waals surface area contributed by atoms with E-state index in [9.17, 15) is 0 Å². The fraction of sp³-hybridized carbons (Fsp3) is 0.0323. The van der Waals surface area contributed by atoms with Crippen LogP contribution in [0, 0.1) is 0 Å². The lowest BCUT2D eigenvalue weighted by Gasteiger charge is -2.36. The summed E-state index contributed by atoms with van der Waals surface area (Å²) in [5, 5.41) is 7.00. The third-order valence-electron chi connectivity index (χ3n) is 6.61. The van der Waals surface area contributed by atoms with E-state index in [0.717, 1.165) is 11.3 Å². The number of hydrogen-bond donors (Lipinski definition) is 0. The maximum absolute atomic E-state index is 7.07. The first-order valence-corrected chi connectivity index (χ1v) is 13.0. The van der Waals surface area contributed by atoms with Crippen LogP contribution < -0.4 is 4.74 Å². The predicted octanol–water partition coefficient (Wildman–Crippen LogP) is 9.13. The van der Waals surface area contributed by atoms with Crippen LogP contribution in [0.25, 0.3) is 37.4 Å². The smallest absolute Gasteiger partial charge is 0.187 e. The first kappa shape index (κ1) is 19.8. The first-order chi connectivity index (χ1) is 16.8. The second-order valence-electron chi connectivity index (χ2n) is 8.54. The Balaban J connectivity index is 1.49. The summed E-state index contributed by atoms with van der Waals surface area (Å²) in [7, 11) is 0. The van der Waals surface area contributed by atoms with Gasteiger partial charge in [0.2, 0.25) is 0 Å². The highest BCUT2D eigenvalue weighted by atomic mass is 32.1. The highest BCUT2D eigenvalue weighted by Gasteiger charge is 2.40. The van der Waals surface area contributed by atoms with Gasteiger partial charge in [-0.25, -0.2) is 0 Å². The number of rotatable bonds is 3. The molecule has 1 aliphatic rings. The Morgan fingerprint density at radius 2 is 1.41 bits per heavy atom. The molecule has 0 aliphatic carbocycles. The van der Waals surface area contributed by atoms with Crippen molar-refractivity contribution >= 4 is 50.3 Å². The van der Waals surface area contributed by atoms with Crippen LogP contribution >= 0.6 is 22.7 Å². The zero-order valence-electron chi connectivity index (χ0n) is 18.3. The van der Waals surface area contributed by atoms with Crippen LogP contribution in [0.1, 0.15) is 16.0 Å². The van der Waals surface area contributed by atoms with E-state index in [2.05, 4.69) is 121 Å².